The van der Waals surface area contributed by atoms with Gasteiger partial charge in [-0.3, -0.25) is 0 Å². The van der Waals surface area contributed by atoms with E-state index in [9.17, 15) is 5.26 Å². The molecule has 1 aromatic carbocycles. The van der Waals surface area contributed by atoms with E-state index in [0.29, 0.717) is 11.5 Å². The zero-order valence-corrected chi connectivity index (χ0v) is 13.0. The van der Waals surface area contributed by atoms with Gasteiger partial charge in [-0.05, 0) is 25.6 Å². The summed E-state index contributed by atoms with van der Waals surface area (Å²) in [6, 6.07) is 10.1. The Bertz CT molecular complexity index is 674. The zero-order valence-electron chi connectivity index (χ0n) is 13.0. The molecule has 2 heterocycles. The number of piperazine rings is 1. The second-order valence-electron chi connectivity index (χ2n) is 5.53. The third-order valence-electron chi connectivity index (χ3n) is 4.09. The first-order valence-corrected chi connectivity index (χ1v) is 7.63. The molecular weight excluding hydrogens is 276 g/mol. The Hall–Kier alpha value is -2.39. The fourth-order valence-corrected chi connectivity index (χ4v) is 2.65. The Morgan fingerprint density at radius 1 is 1.09 bits per heavy atom. The quantitative estimate of drug-likeness (QED) is 0.861. The minimum absolute atomic E-state index is 0.394. The molecule has 0 bridgehead atoms. The van der Waals surface area contributed by atoms with Gasteiger partial charge in [0, 0.05) is 26.2 Å². The van der Waals surface area contributed by atoms with Crippen molar-refractivity contribution >= 4 is 5.82 Å². The van der Waals surface area contributed by atoms with Crippen molar-refractivity contribution in [1.29, 1.82) is 5.26 Å². The predicted octanol–water partition coefficient (Wildman–Crippen LogP) is 1.59. The number of benzene rings is 1. The van der Waals surface area contributed by atoms with Gasteiger partial charge >= 0.3 is 0 Å². The lowest BCUT2D eigenvalue weighted by Gasteiger charge is -2.33. The first-order valence-electron chi connectivity index (χ1n) is 7.63. The van der Waals surface area contributed by atoms with Crippen LogP contribution < -0.4 is 4.90 Å². The Balaban J connectivity index is 1.86. The van der Waals surface area contributed by atoms with Crippen LogP contribution in [-0.2, 0) is 0 Å². The van der Waals surface area contributed by atoms with Crippen molar-refractivity contribution in [2.75, 3.05) is 37.6 Å². The summed E-state index contributed by atoms with van der Waals surface area (Å²) in [5, 5.41) is 18.2. The van der Waals surface area contributed by atoms with Gasteiger partial charge in [0.1, 0.15) is 6.07 Å². The minimum atomic E-state index is 0.394. The molecule has 0 N–H and O–H groups in total. The molecule has 6 nitrogen and oxygen atoms in total. The van der Waals surface area contributed by atoms with Crippen LogP contribution in [0.2, 0.25) is 0 Å². The maximum absolute atomic E-state index is 9.35. The topological polar surface area (TPSA) is 61.0 Å². The molecule has 1 aliphatic heterocycles. The van der Waals surface area contributed by atoms with E-state index in [1.165, 1.54) is 5.56 Å². The highest BCUT2D eigenvalue weighted by molar-refractivity contribution is 5.50. The number of nitriles is 1. The van der Waals surface area contributed by atoms with E-state index in [4.69, 9.17) is 0 Å². The highest BCUT2D eigenvalue weighted by Gasteiger charge is 2.22. The molecule has 3 rings (SSSR count). The zero-order chi connectivity index (χ0) is 15.5. The van der Waals surface area contributed by atoms with Crippen LogP contribution in [0.1, 0.15) is 18.2 Å². The van der Waals surface area contributed by atoms with Gasteiger partial charge in [0.15, 0.2) is 5.82 Å². The molecule has 0 aliphatic carbocycles. The molecule has 0 amide bonds. The van der Waals surface area contributed by atoms with Crippen LogP contribution in [0.3, 0.4) is 0 Å². The van der Waals surface area contributed by atoms with Crippen molar-refractivity contribution in [2.45, 2.75) is 13.8 Å². The first kappa shape index (κ1) is 14.5. The monoisotopic (exact) mass is 296 g/mol. The highest BCUT2D eigenvalue weighted by Crippen LogP contribution is 2.19. The third-order valence-corrected chi connectivity index (χ3v) is 4.09. The van der Waals surface area contributed by atoms with Gasteiger partial charge in [-0.15, -0.1) is 15.0 Å². The SMILES string of the molecule is CCN1CCN(c2nn(-c3ccc(C)cc3)nc2C#N)CC1. The number of aryl methyl sites for hydroxylation is 1. The number of hydrogen-bond donors (Lipinski definition) is 0. The molecule has 0 spiro atoms. The van der Waals surface area contributed by atoms with E-state index in [2.05, 4.69) is 33.0 Å². The van der Waals surface area contributed by atoms with Crippen molar-refractivity contribution < 1.29 is 0 Å². The van der Waals surface area contributed by atoms with E-state index < -0.39 is 0 Å². The summed E-state index contributed by atoms with van der Waals surface area (Å²) in [6.07, 6.45) is 0. The fraction of sp³-hybridized carbons (Fsp3) is 0.438. The van der Waals surface area contributed by atoms with Crippen molar-refractivity contribution in [3.63, 3.8) is 0 Å². The van der Waals surface area contributed by atoms with Crippen LogP contribution >= 0.6 is 0 Å². The van der Waals surface area contributed by atoms with Gasteiger partial charge in [0.25, 0.3) is 0 Å². The molecule has 6 heteroatoms. The lowest BCUT2D eigenvalue weighted by Crippen LogP contribution is -2.46. The maximum atomic E-state index is 9.35. The summed E-state index contributed by atoms with van der Waals surface area (Å²) < 4.78 is 0. The van der Waals surface area contributed by atoms with Gasteiger partial charge < -0.3 is 9.80 Å². The molecule has 0 radical (unpaired) electrons. The van der Waals surface area contributed by atoms with Crippen molar-refractivity contribution in [3.05, 3.63) is 35.5 Å². The first-order chi connectivity index (χ1) is 10.7. The summed E-state index contributed by atoms with van der Waals surface area (Å²) >= 11 is 0. The summed E-state index contributed by atoms with van der Waals surface area (Å²) in [4.78, 5) is 6.11. The standard InChI is InChI=1S/C16H20N6/c1-3-20-8-10-21(11-9-20)16-15(12-17)18-22(19-16)14-6-4-13(2)5-7-14/h4-7H,3,8-11H2,1-2H3. The predicted molar refractivity (Wildman–Crippen MR) is 85.1 cm³/mol. The second-order valence-corrected chi connectivity index (χ2v) is 5.53. The number of hydrogen-bond acceptors (Lipinski definition) is 5. The highest BCUT2D eigenvalue weighted by atomic mass is 15.5. The Morgan fingerprint density at radius 3 is 2.36 bits per heavy atom. The smallest absolute Gasteiger partial charge is 0.207 e. The summed E-state index contributed by atoms with van der Waals surface area (Å²) in [6.45, 7) is 9.04. The van der Waals surface area contributed by atoms with Gasteiger partial charge in [-0.25, -0.2) is 0 Å². The van der Waals surface area contributed by atoms with E-state index in [0.717, 1.165) is 38.4 Å². The molecule has 0 saturated carbocycles. The van der Waals surface area contributed by atoms with Crippen molar-refractivity contribution in [2.24, 2.45) is 0 Å². The van der Waals surface area contributed by atoms with Crippen LogP contribution in [0.15, 0.2) is 24.3 Å². The van der Waals surface area contributed by atoms with Gasteiger partial charge in [0.2, 0.25) is 5.69 Å². The van der Waals surface area contributed by atoms with Gasteiger partial charge in [-0.2, -0.15) is 5.26 Å². The normalized spacial score (nSPS) is 15.8. The number of anilines is 1. The van der Waals surface area contributed by atoms with Crippen LogP contribution in [0.4, 0.5) is 5.82 Å². The second kappa shape index (κ2) is 6.16. The fourth-order valence-electron chi connectivity index (χ4n) is 2.65. The molecular formula is C16H20N6. The van der Waals surface area contributed by atoms with Crippen molar-refractivity contribution in [3.8, 4) is 11.8 Å². The van der Waals surface area contributed by atoms with Crippen LogP contribution in [0, 0.1) is 18.3 Å². The van der Waals surface area contributed by atoms with E-state index in [1.54, 1.807) is 4.80 Å². The summed E-state index contributed by atoms with van der Waals surface area (Å²) in [5.74, 6) is 0.693. The van der Waals surface area contributed by atoms with E-state index in [1.807, 2.05) is 31.2 Å². The molecule has 1 aliphatic rings. The van der Waals surface area contributed by atoms with Gasteiger partial charge in [0.05, 0.1) is 5.69 Å². The molecule has 0 unspecified atom stereocenters. The molecule has 2 aromatic rings. The minimum Gasteiger partial charge on any atom is -0.350 e. The summed E-state index contributed by atoms with van der Waals surface area (Å²) in [5.41, 5.74) is 2.46. The Morgan fingerprint density at radius 2 is 1.77 bits per heavy atom. The number of likely N-dealkylation sites (N-methyl/N-ethyl adjacent to an activating group) is 1. The number of rotatable bonds is 3. The number of nitrogens with zero attached hydrogens (tertiary/aromatic N) is 6. The van der Waals surface area contributed by atoms with Crippen LogP contribution in [-0.4, -0.2) is 52.6 Å². The lowest BCUT2D eigenvalue weighted by molar-refractivity contribution is 0.270. The Labute approximate surface area is 130 Å². The van der Waals surface area contributed by atoms with Gasteiger partial charge in [-0.1, -0.05) is 24.6 Å². The molecule has 114 valence electrons. The third kappa shape index (κ3) is 2.81. The molecule has 0 atom stereocenters. The molecule has 22 heavy (non-hydrogen) atoms. The summed E-state index contributed by atoms with van der Waals surface area (Å²) in [7, 11) is 0. The van der Waals surface area contributed by atoms with Crippen LogP contribution in [0.5, 0.6) is 0 Å². The average molecular weight is 296 g/mol. The lowest BCUT2D eigenvalue weighted by atomic mass is 10.2. The van der Waals surface area contributed by atoms with E-state index in [-0.39, 0.29) is 0 Å². The average Bonchev–Trinajstić information content (AvgIpc) is 3.00. The largest absolute Gasteiger partial charge is 0.350 e. The van der Waals surface area contributed by atoms with Crippen molar-refractivity contribution in [1.82, 2.24) is 19.9 Å². The molecule has 1 aromatic heterocycles. The van der Waals surface area contributed by atoms with Crippen LogP contribution in [0.25, 0.3) is 5.69 Å². The Kier molecular flexibility index (Phi) is 4.07. The maximum Gasteiger partial charge on any atom is 0.207 e. The molecule has 1 saturated heterocycles. The number of aromatic nitrogens is 3. The van der Waals surface area contributed by atoms with E-state index >= 15 is 0 Å². The molecule has 1 fully saturated rings.